The maximum atomic E-state index is 6.26. The minimum absolute atomic E-state index is 0.632. The van der Waals surface area contributed by atoms with Crippen molar-refractivity contribution in [2.75, 3.05) is 12.8 Å². The fraction of sp³-hybridized carbons (Fsp3) is 0.188. The lowest BCUT2D eigenvalue weighted by Crippen LogP contribution is -1.96. The van der Waals surface area contributed by atoms with Crippen molar-refractivity contribution < 1.29 is 4.74 Å². The number of hydrogen-bond acceptors (Lipinski definition) is 3. The number of methoxy groups -OCH3 is 1. The number of nitrogens with zero attached hydrogens (tertiary/aromatic N) is 2. The number of nitrogens with two attached hydrogens (primary N) is 1. The molecular weight excluding hydrogens is 250 g/mol. The number of fused-ring (bicyclic) bond motifs is 1. The van der Waals surface area contributed by atoms with Crippen LogP contribution in [-0.2, 0) is 0 Å². The van der Waals surface area contributed by atoms with Crippen LogP contribution in [0.3, 0.4) is 0 Å². The van der Waals surface area contributed by atoms with Crippen LogP contribution in [-0.4, -0.2) is 16.5 Å². The minimum Gasteiger partial charge on any atom is -0.496 e. The van der Waals surface area contributed by atoms with Gasteiger partial charge in [0.25, 0.3) is 0 Å². The van der Waals surface area contributed by atoms with Gasteiger partial charge in [-0.1, -0.05) is 17.7 Å². The van der Waals surface area contributed by atoms with Gasteiger partial charge in [-0.15, -0.1) is 0 Å². The summed E-state index contributed by atoms with van der Waals surface area (Å²) in [5.41, 5.74) is 11.1. The third kappa shape index (κ3) is 1.90. The first-order chi connectivity index (χ1) is 9.60. The third-order valence-electron chi connectivity index (χ3n) is 3.41. The summed E-state index contributed by atoms with van der Waals surface area (Å²) < 4.78 is 7.33. The van der Waals surface area contributed by atoms with Gasteiger partial charge in [0, 0.05) is 11.8 Å². The standard InChI is InChI=1S/C16H17N3O/c1-10-4-6-13(20-3)12(8-10)15-16(17)19-9-11(2)5-7-14(19)18-15/h4-9H,17H2,1-3H3. The lowest BCUT2D eigenvalue weighted by atomic mass is 10.1. The highest BCUT2D eigenvalue weighted by Gasteiger charge is 2.15. The number of pyridine rings is 1. The molecule has 20 heavy (non-hydrogen) atoms. The molecule has 3 aromatic rings. The normalized spacial score (nSPS) is 10.9. The van der Waals surface area contributed by atoms with Crippen molar-refractivity contribution in [1.82, 2.24) is 9.38 Å². The van der Waals surface area contributed by atoms with E-state index in [1.165, 1.54) is 0 Å². The van der Waals surface area contributed by atoms with Gasteiger partial charge >= 0.3 is 0 Å². The molecule has 3 rings (SSSR count). The quantitative estimate of drug-likeness (QED) is 0.775. The van der Waals surface area contributed by atoms with Crippen molar-refractivity contribution in [3.63, 3.8) is 0 Å². The van der Waals surface area contributed by atoms with E-state index in [-0.39, 0.29) is 0 Å². The fourth-order valence-electron chi connectivity index (χ4n) is 2.37. The van der Waals surface area contributed by atoms with Crippen molar-refractivity contribution in [3.05, 3.63) is 47.7 Å². The molecule has 0 unspecified atom stereocenters. The highest BCUT2D eigenvalue weighted by molar-refractivity contribution is 5.79. The summed E-state index contributed by atoms with van der Waals surface area (Å²) in [7, 11) is 1.66. The van der Waals surface area contributed by atoms with Crippen molar-refractivity contribution in [2.45, 2.75) is 13.8 Å². The summed E-state index contributed by atoms with van der Waals surface area (Å²) in [5.74, 6) is 1.41. The fourth-order valence-corrected chi connectivity index (χ4v) is 2.37. The molecule has 0 saturated carbocycles. The molecule has 0 atom stereocenters. The second-order valence-corrected chi connectivity index (χ2v) is 4.98. The summed E-state index contributed by atoms with van der Waals surface area (Å²) in [4.78, 5) is 4.63. The van der Waals surface area contributed by atoms with E-state index in [1.54, 1.807) is 7.11 Å². The van der Waals surface area contributed by atoms with Crippen LogP contribution in [0.25, 0.3) is 16.9 Å². The Kier molecular flexibility index (Phi) is 2.86. The van der Waals surface area contributed by atoms with Crippen molar-refractivity contribution in [1.29, 1.82) is 0 Å². The number of ether oxygens (including phenoxy) is 1. The second-order valence-electron chi connectivity index (χ2n) is 4.98. The summed E-state index contributed by atoms with van der Waals surface area (Å²) in [6, 6.07) is 10.00. The van der Waals surface area contributed by atoms with Gasteiger partial charge in [-0.05, 0) is 37.6 Å². The Morgan fingerprint density at radius 1 is 1.10 bits per heavy atom. The van der Waals surface area contributed by atoms with Crippen molar-refractivity contribution in [3.8, 4) is 17.0 Å². The number of imidazole rings is 1. The zero-order chi connectivity index (χ0) is 14.3. The largest absolute Gasteiger partial charge is 0.496 e. The lowest BCUT2D eigenvalue weighted by molar-refractivity contribution is 0.416. The molecule has 1 aromatic carbocycles. The molecule has 0 fully saturated rings. The average molecular weight is 267 g/mol. The van der Waals surface area contributed by atoms with E-state index in [1.807, 2.05) is 54.8 Å². The van der Waals surface area contributed by atoms with Crippen LogP contribution >= 0.6 is 0 Å². The molecule has 0 bridgehead atoms. The Morgan fingerprint density at radius 3 is 2.60 bits per heavy atom. The molecule has 0 aliphatic rings. The Hall–Kier alpha value is -2.49. The van der Waals surface area contributed by atoms with Crippen LogP contribution in [0.2, 0.25) is 0 Å². The van der Waals surface area contributed by atoms with Crippen LogP contribution < -0.4 is 10.5 Å². The highest BCUT2D eigenvalue weighted by atomic mass is 16.5. The van der Waals surface area contributed by atoms with E-state index >= 15 is 0 Å². The molecule has 0 aliphatic heterocycles. The van der Waals surface area contributed by atoms with E-state index < -0.39 is 0 Å². The Labute approximate surface area is 117 Å². The van der Waals surface area contributed by atoms with Gasteiger partial charge in [0.05, 0.1) is 7.11 Å². The van der Waals surface area contributed by atoms with Gasteiger partial charge in [-0.25, -0.2) is 4.98 Å². The van der Waals surface area contributed by atoms with Crippen LogP contribution in [0.15, 0.2) is 36.5 Å². The number of nitrogen functional groups attached to an aromatic ring is 1. The van der Waals surface area contributed by atoms with Crippen LogP contribution in [0, 0.1) is 13.8 Å². The zero-order valence-corrected chi connectivity index (χ0v) is 11.8. The molecule has 0 radical (unpaired) electrons. The second kappa shape index (κ2) is 4.56. The van der Waals surface area contributed by atoms with E-state index in [2.05, 4.69) is 4.98 Å². The first-order valence-electron chi connectivity index (χ1n) is 6.49. The maximum Gasteiger partial charge on any atom is 0.139 e. The number of hydrogen-bond donors (Lipinski definition) is 1. The number of anilines is 1. The zero-order valence-electron chi connectivity index (χ0n) is 11.8. The number of rotatable bonds is 2. The van der Waals surface area contributed by atoms with Crippen molar-refractivity contribution >= 4 is 11.5 Å². The van der Waals surface area contributed by atoms with Gasteiger partial charge in [0.2, 0.25) is 0 Å². The first-order valence-corrected chi connectivity index (χ1v) is 6.49. The molecule has 4 heteroatoms. The minimum atomic E-state index is 0.632. The van der Waals surface area contributed by atoms with E-state index in [0.29, 0.717) is 5.82 Å². The number of aromatic nitrogens is 2. The van der Waals surface area contributed by atoms with E-state index in [4.69, 9.17) is 10.5 Å². The topological polar surface area (TPSA) is 52.5 Å². The number of benzene rings is 1. The van der Waals surface area contributed by atoms with E-state index in [9.17, 15) is 0 Å². The maximum absolute atomic E-state index is 6.26. The summed E-state index contributed by atoms with van der Waals surface area (Å²) in [6.45, 7) is 4.07. The smallest absolute Gasteiger partial charge is 0.139 e. The monoisotopic (exact) mass is 267 g/mol. The molecule has 0 amide bonds. The van der Waals surface area contributed by atoms with Crippen molar-refractivity contribution in [2.24, 2.45) is 0 Å². The van der Waals surface area contributed by atoms with Gasteiger partial charge in [-0.2, -0.15) is 0 Å². The molecule has 2 heterocycles. The molecule has 2 aromatic heterocycles. The summed E-state index contributed by atoms with van der Waals surface area (Å²) in [6.07, 6.45) is 1.99. The van der Waals surface area contributed by atoms with Crippen LogP contribution in [0.4, 0.5) is 5.82 Å². The third-order valence-corrected chi connectivity index (χ3v) is 3.41. The first kappa shape index (κ1) is 12.5. The summed E-state index contributed by atoms with van der Waals surface area (Å²) in [5, 5.41) is 0. The average Bonchev–Trinajstić information content (AvgIpc) is 2.76. The molecule has 0 spiro atoms. The molecule has 0 saturated heterocycles. The SMILES string of the molecule is COc1ccc(C)cc1-c1nc2ccc(C)cn2c1N. The highest BCUT2D eigenvalue weighted by Crippen LogP contribution is 2.34. The van der Waals surface area contributed by atoms with Crippen LogP contribution in [0.5, 0.6) is 5.75 Å². The molecular formula is C16H17N3O. The Balaban J connectivity index is 2.29. The molecule has 102 valence electrons. The van der Waals surface area contributed by atoms with E-state index in [0.717, 1.165) is 33.8 Å². The van der Waals surface area contributed by atoms with Gasteiger partial charge in [0.15, 0.2) is 0 Å². The summed E-state index contributed by atoms with van der Waals surface area (Å²) >= 11 is 0. The predicted octanol–water partition coefficient (Wildman–Crippen LogP) is 3.21. The Morgan fingerprint density at radius 2 is 1.85 bits per heavy atom. The molecule has 4 nitrogen and oxygen atoms in total. The Bertz CT molecular complexity index is 790. The predicted molar refractivity (Wildman–Crippen MR) is 81.1 cm³/mol. The van der Waals surface area contributed by atoms with Gasteiger partial charge < -0.3 is 10.5 Å². The number of aryl methyl sites for hydroxylation is 2. The molecule has 2 N–H and O–H groups in total. The van der Waals surface area contributed by atoms with Gasteiger partial charge in [0.1, 0.15) is 22.9 Å². The molecule has 0 aliphatic carbocycles. The van der Waals surface area contributed by atoms with Crippen LogP contribution in [0.1, 0.15) is 11.1 Å². The van der Waals surface area contributed by atoms with Gasteiger partial charge in [-0.3, -0.25) is 4.40 Å². The lowest BCUT2D eigenvalue weighted by Gasteiger charge is -2.08.